The number of hydrogen-bond donors (Lipinski definition) is 2. The SMILES string of the molecule is CCNC(=NCc1ccnc(N2CCCCC2)c1)NCCc1csc(C)n1.I. The van der Waals surface area contributed by atoms with Gasteiger partial charge in [-0.2, -0.15) is 0 Å². The van der Waals surface area contributed by atoms with Gasteiger partial charge in [0.2, 0.25) is 0 Å². The van der Waals surface area contributed by atoms with Crippen LogP contribution in [0.3, 0.4) is 0 Å². The Morgan fingerprint density at radius 1 is 1.25 bits per heavy atom. The van der Waals surface area contributed by atoms with Crippen molar-refractivity contribution in [3.8, 4) is 0 Å². The van der Waals surface area contributed by atoms with Crippen LogP contribution in [0.1, 0.15) is 42.5 Å². The van der Waals surface area contributed by atoms with E-state index in [0.717, 1.165) is 55.1 Å². The van der Waals surface area contributed by atoms with E-state index in [1.165, 1.54) is 24.8 Å². The van der Waals surface area contributed by atoms with Gasteiger partial charge in [0.05, 0.1) is 17.2 Å². The predicted octanol–water partition coefficient (Wildman–Crippen LogP) is 3.75. The molecule has 0 saturated carbocycles. The van der Waals surface area contributed by atoms with Crippen LogP contribution in [0.2, 0.25) is 0 Å². The maximum absolute atomic E-state index is 4.74. The number of aryl methyl sites for hydroxylation is 1. The Hall–Kier alpha value is -1.42. The van der Waals surface area contributed by atoms with Gasteiger partial charge in [-0.1, -0.05) is 0 Å². The first-order chi connectivity index (χ1) is 13.2. The third-order valence-electron chi connectivity index (χ3n) is 4.59. The summed E-state index contributed by atoms with van der Waals surface area (Å²) in [6.45, 7) is 8.66. The number of anilines is 1. The molecule has 6 nitrogen and oxygen atoms in total. The number of nitrogens with one attached hydrogen (secondary N) is 2. The van der Waals surface area contributed by atoms with Crippen molar-refractivity contribution in [1.82, 2.24) is 20.6 Å². The topological polar surface area (TPSA) is 65.4 Å². The van der Waals surface area contributed by atoms with Gasteiger partial charge in [-0.15, -0.1) is 35.3 Å². The van der Waals surface area contributed by atoms with Crippen LogP contribution < -0.4 is 15.5 Å². The number of thiazole rings is 1. The van der Waals surface area contributed by atoms with Gasteiger partial charge in [0.1, 0.15) is 5.82 Å². The second-order valence-corrected chi connectivity index (χ2v) is 7.86. The Kier molecular flexibility index (Phi) is 9.97. The molecule has 28 heavy (non-hydrogen) atoms. The van der Waals surface area contributed by atoms with Gasteiger partial charge in [0.15, 0.2) is 5.96 Å². The first-order valence-electron chi connectivity index (χ1n) is 9.87. The molecule has 0 amide bonds. The van der Waals surface area contributed by atoms with Gasteiger partial charge in [0, 0.05) is 44.2 Å². The first-order valence-corrected chi connectivity index (χ1v) is 10.8. The van der Waals surface area contributed by atoms with E-state index in [1.54, 1.807) is 11.3 Å². The van der Waals surface area contributed by atoms with Crippen molar-refractivity contribution in [2.45, 2.75) is 46.1 Å². The fourth-order valence-corrected chi connectivity index (χ4v) is 3.85. The summed E-state index contributed by atoms with van der Waals surface area (Å²) in [5.41, 5.74) is 2.33. The molecule has 0 atom stereocenters. The molecule has 1 aliphatic heterocycles. The number of nitrogens with zero attached hydrogens (tertiary/aromatic N) is 4. The standard InChI is InChI=1S/C20H30N6S.HI/c1-3-21-20(23-10-8-18-15-27-16(2)25-18)24-14-17-7-9-22-19(13-17)26-11-5-4-6-12-26;/h7,9,13,15H,3-6,8,10-12,14H2,1-2H3,(H2,21,23,24);1H. The molecule has 0 unspecified atom stereocenters. The summed E-state index contributed by atoms with van der Waals surface area (Å²) in [5, 5.41) is 9.96. The monoisotopic (exact) mass is 514 g/mol. The van der Waals surface area contributed by atoms with Gasteiger partial charge in [-0.05, 0) is 50.8 Å². The van der Waals surface area contributed by atoms with Crippen molar-refractivity contribution in [1.29, 1.82) is 0 Å². The van der Waals surface area contributed by atoms with E-state index in [4.69, 9.17) is 4.99 Å². The van der Waals surface area contributed by atoms with Crippen LogP contribution in [-0.2, 0) is 13.0 Å². The van der Waals surface area contributed by atoms with Gasteiger partial charge >= 0.3 is 0 Å². The molecule has 8 heteroatoms. The fourth-order valence-electron chi connectivity index (χ4n) is 3.20. The molecule has 2 aromatic rings. The van der Waals surface area contributed by atoms with Gasteiger partial charge in [0.25, 0.3) is 0 Å². The maximum atomic E-state index is 4.74. The minimum atomic E-state index is 0. The fraction of sp³-hybridized carbons (Fsp3) is 0.550. The lowest BCUT2D eigenvalue weighted by molar-refractivity contribution is 0.573. The minimum Gasteiger partial charge on any atom is -0.357 e. The van der Waals surface area contributed by atoms with Gasteiger partial charge in [-0.3, -0.25) is 0 Å². The minimum absolute atomic E-state index is 0. The zero-order valence-electron chi connectivity index (χ0n) is 16.8. The number of halogens is 1. The number of aromatic nitrogens is 2. The molecule has 0 aliphatic carbocycles. The van der Waals surface area contributed by atoms with E-state index >= 15 is 0 Å². The Balaban J connectivity index is 0.00000280. The van der Waals surface area contributed by atoms with E-state index in [2.05, 4.69) is 49.9 Å². The molecule has 0 aromatic carbocycles. The molecule has 0 radical (unpaired) electrons. The van der Waals surface area contributed by atoms with Crippen LogP contribution in [0.15, 0.2) is 28.7 Å². The van der Waals surface area contributed by atoms with Gasteiger partial charge in [-0.25, -0.2) is 15.0 Å². The highest BCUT2D eigenvalue weighted by Gasteiger charge is 2.12. The van der Waals surface area contributed by atoms with Crippen molar-refractivity contribution >= 4 is 47.1 Å². The normalized spacial score (nSPS) is 14.5. The third kappa shape index (κ3) is 7.20. The lowest BCUT2D eigenvalue weighted by Crippen LogP contribution is -2.38. The first kappa shape index (κ1) is 22.9. The molecule has 3 heterocycles. The zero-order chi connectivity index (χ0) is 18.9. The van der Waals surface area contributed by atoms with Crippen LogP contribution in [0.4, 0.5) is 5.82 Å². The van der Waals surface area contributed by atoms with Crippen molar-refractivity contribution in [3.63, 3.8) is 0 Å². The summed E-state index contributed by atoms with van der Waals surface area (Å²) in [5.74, 6) is 1.93. The van der Waals surface area contributed by atoms with E-state index in [-0.39, 0.29) is 24.0 Å². The summed E-state index contributed by atoms with van der Waals surface area (Å²) in [7, 11) is 0. The molecular weight excluding hydrogens is 483 g/mol. The molecule has 0 bridgehead atoms. The third-order valence-corrected chi connectivity index (χ3v) is 5.42. The number of rotatable bonds is 7. The largest absolute Gasteiger partial charge is 0.357 e. The van der Waals surface area contributed by atoms with Crippen LogP contribution >= 0.6 is 35.3 Å². The highest BCUT2D eigenvalue weighted by atomic mass is 127. The molecule has 1 saturated heterocycles. The Morgan fingerprint density at radius 2 is 2.07 bits per heavy atom. The molecular formula is C20H31IN6S. The summed E-state index contributed by atoms with van der Waals surface area (Å²) < 4.78 is 0. The zero-order valence-corrected chi connectivity index (χ0v) is 19.9. The average Bonchev–Trinajstić information content (AvgIpc) is 3.12. The molecule has 1 fully saturated rings. The van der Waals surface area contributed by atoms with Gasteiger partial charge < -0.3 is 15.5 Å². The van der Waals surface area contributed by atoms with E-state index in [1.807, 2.05) is 13.1 Å². The van der Waals surface area contributed by atoms with Crippen molar-refractivity contribution in [2.24, 2.45) is 4.99 Å². The predicted molar refractivity (Wildman–Crippen MR) is 129 cm³/mol. The molecule has 1 aliphatic rings. The second kappa shape index (κ2) is 12.2. The average molecular weight is 514 g/mol. The van der Waals surface area contributed by atoms with Crippen LogP contribution in [0, 0.1) is 6.92 Å². The highest BCUT2D eigenvalue weighted by molar-refractivity contribution is 14.0. The van der Waals surface area contributed by atoms with Crippen molar-refractivity contribution in [2.75, 3.05) is 31.1 Å². The van der Waals surface area contributed by atoms with Crippen LogP contribution in [-0.4, -0.2) is 42.1 Å². The molecule has 2 aromatic heterocycles. The van der Waals surface area contributed by atoms with Crippen LogP contribution in [0.25, 0.3) is 0 Å². The number of guanidine groups is 1. The summed E-state index contributed by atoms with van der Waals surface area (Å²) in [6.07, 6.45) is 6.66. The molecule has 154 valence electrons. The maximum Gasteiger partial charge on any atom is 0.191 e. The smallest absolute Gasteiger partial charge is 0.191 e. The van der Waals surface area contributed by atoms with E-state index in [9.17, 15) is 0 Å². The quantitative estimate of drug-likeness (QED) is 0.335. The molecule has 3 rings (SSSR count). The Morgan fingerprint density at radius 3 is 2.79 bits per heavy atom. The Labute approximate surface area is 189 Å². The lowest BCUT2D eigenvalue weighted by Gasteiger charge is -2.27. The highest BCUT2D eigenvalue weighted by Crippen LogP contribution is 2.18. The lowest BCUT2D eigenvalue weighted by atomic mass is 10.1. The number of aliphatic imine (C=N–C) groups is 1. The Bertz CT molecular complexity index is 742. The van der Waals surface area contributed by atoms with Crippen molar-refractivity contribution in [3.05, 3.63) is 40.0 Å². The molecule has 0 spiro atoms. The number of hydrogen-bond acceptors (Lipinski definition) is 5. The summed E-state index contributed by atoms with van der Waals surface area (Å²) >= 11 is 1.70. The summed E-state index contributed by atoms with van der Waals surface area (Å²) in [4.78, 5) is 16.2. The van der Waals surface area contributed by atoms with Crippen LogP contribution in [0.5, 0.6) is 0 Å². The van der Waals surface area contributed by atoms with E-state index < -0.39 is 0 Å². The second-order valence-electron chi connectivity index (χ2n) is 6.80. The number of piperidine rings is 1. The van der Waals surface area contributed by atoms with Crippen molar-refractivity contribution < 1.29 is 0 Å². The molecule has 2 N–H and O–H groups in total. The number of pyridine rings is 1. The summed E-state index contributed by atoms with van der Waals surface area (Å²) in [6, 6.07) is 4.23. The van der Waals surface area contributed by atoms with E-state index in [0.29, 0.717) is 6.54 Å².